The van der Waals surface area contributed by atoms with E-state index < -0.39 is 10.1 Å². The van der Waals surface area contributed by atoms with Crippen LogP contribution < -0.4 is 5.32 Å². The van der Waals surface area contributed by atoms with Crippen molar-refractivity contribution < 1.29 is 18.4 Å². The molecular weight excluding hydrogens is 392 g/mol. The van der Waals surface area contributed by atoms with Crippen LogP contribution in [0.3, 0.4) is 0 Å². The Hall–Kier alpha value is -2.85. The zero-order chi connectivity index (χ0) is 19.8. The summed E-state index contributed by atoms with van der Waals surface area (Å²) >= 11 is 0. The van der Waals surface area contributed by atoms with E-state index in [4.69, 9.17) is 0 Å². The summed E-state index contributed by atoms with van der Waals surface area (Å²) in [7, 11) is -4.28. The van der Waals surface area contributed by atoms with E-state index in [1.807, 2.05) is 36.4 Å². The SMILES string of the molecule is O.O=S(=O)(O)c1ccccc1NCCN(Cc1ccccn1)Cc1ccccn1. The largest absolute Gasteiger partial charge is 0.412 e. The summed E-state index contributed by atoms with van der Waals surface area (Å²) in [4.78, 5) is 10.8. The average Bonchev–Trinajstić information content (AvgIpc) is 2.69. The van der Waals surface area contributed by atoms with Crippen LogP contribution in [0, 0.1) is 0 Å². The monoisotopic (exact) mass is 416 g/mol. The van der Waals surface area contributed by atoms with Crippen molar-refractivity contribution in [3.05, 3.63) is 84.4 Å². The molecule has 0 spiro atoms. The van der Waals surface area contributed by atoms with Gasteiger partial charge in [0.2, 0.25) is 0 Å². The Bertz CT molecular complexity index is 944. The Morgan fingerprint density at radius 1 is 0.862 bits per heavy atom. The van der Waals surface area contributed by atoms with Crippen LogP contribution in [0.25, 0.3) is 0 Å². The number of rotatable bonds is 9. The van der Waals surface area contributed by atoms with Gasteiger partial charge in [-0.3, -0.25) is 19.4 Å². The first-order valence-electron chi connectivity index (χ1n) is 8.85. The molecule has 0 atom stereocenters. The van der Waals surface area contributed by atoms with Crippen molar-refractivity contribution in [2.24, 2.45) is 0 Å². The molecule has 2 heterocycles. The predicted molar refractivity (Wildman–Crippen MR) is 111 cm³/mol. The van der Waals surface area contributed by atoms with Crippen LogP contribution in [0.15, 0.2) is 78.0 Å². The lowest BCUT2D eigenvalue weighted by molar-refractivity contribution is 0.261. The molecule has 0 saturated carbocycles. The molecule has 0 fully saturated rings. The molecule has 0 bridgehead atoms. The Labute approximate surface area is 170 Å². The van der Waals surface area contributed by atoms with Crippen LogP contribution in [0.4, 0.5) is 5.69 Å². The average molecular weight is 417 g/mol. The van der Waals surface area contributed by atoms with E-state index in [1.165, 1.54) is 6.07 Å². The van der Waals surface area contributed by atoms with Gasteiger partial charge >= 0.3 is 0 Å². The number of hydrogen-bond donors (Lipinski definition) is 2. The number of aromatic nitrogens is 2. The topological polar surface area (TPSA) is 127 Å². The fourth-order valence-corrected chi connectivity index (χ4v) is 3.51. The molecule has 0 unspecified atom stereocenters. The lowest BCUT2D eigenvalue weighted by atomic mass is 10.2. The summed E-state index contributed by atoms with van der Waals surface area (Å²) in [5.41, 5.74) is 2.26. The van der Waals surface area contributed by atoms with Gasteiger partial charge in [0.25, 0.3) is 10.1 Å². The molecule has 29 heavy (non-hydrogen) atoms. The zero-order valence-corrected chi connectivity index (χ0v) is 16.6. The number of benzene rings is 1. The van der Waals surface area contributed by atoms with E-state index in [9.17, 15) is 13.0 Å². The van der Waals surface area contributed by atoms with Crippen molar-refractivity contribution in [2.75, 3.05) is 18.4 Å². The molecule has 8 nitrogen and oxygen atoms in total. The summed E-state index contributed by atoms with van der Waals surface area (Å²) in [5, 5.41) is 3.10. The standard InChI is InChI=1S/C20H22N4O3S.H2O/c25-28(26,27)20-10-2-1-9-19(20)23-13-14-24(15-17-7-3-5-11-21-17)16-18-8-4-6-12-22-18;/h1-12,23H,13-16H2,(H,25,26,27);1H2. The zero-order valence-electron chi connectivity index (χ0n) is 15.8. The maximum absolute atomic E-state index is 11.5. The fourth-order valence-electron chi connectivity index (χ4n) is 2.84. The van der Waals surface area contributed by atoms with Gasteiger partial charge in [0, 0.05) is 38.6 Å². The molecule has 0 amide bonds. The second kappa shape index (κ2) is 10.6. The number of para-hydroxylation sites is 1. The third-order valence-corrected chi connectivity index (χ3v) is 5.04. The van der Waals surface area contributed by atoms with Gasteiger partial charge < -0.3 is 10.8 Å². The van der Waals surface area contributed by atoms with E-state index in [-0.39, 0.29) is 10.4 Å². The summed E-state index contributed by atoms with van der Waals surface area (Å²) in [6.07, 6.45) is 3.52. The molecule has 154 valence electrons. The minimum atomic E-state index is -4.28. The van der Waals surface area contributed by atoms with Crippen molar-refractivity contribution in [1.29, 1.82) is 0 Å². The normalized spacial score (nSPS) is 11.1. The highest BCUT2D eigenvalue weighted by Gasteiger charge is 2.15. The second-order valence-electron chi connectivity index (χ2n) is 6.25. The quantitative estimate of drug-likeness (QED) is 0.511. The number of pyridine rings is 2. The van der Waals surface area contributed by atoms with Crippen LogP contribution in [-0.2, 0) is 23.2 Å². The van der Waals surface area contributed by atoms with Gasteiger partial charge in [-0.25, -0.2) is 0 Å². The number of hydrogen-bond acceptors (Lipinski definition) is 6. The Morgan fingerprint density at radius 2 is 1.41 bits per heavy atom. The van der Waals surface area contributed by atoms with E-state index in [0.29, 0.717) is 31.9 Å². The van der Waals surface area contributed by atoms with Crippen molar-refractivity contribution in [2.45, 2.75) is 18.0 Å². The summed E-state index contributed by atoms with van der Waals surface area (Å²) in [6, 6.07) is 17.9. The Morgan fingerprint density at radius 3 is 1.93 bits per heavy atom. The minimum Gasteiger partial charge on any atom is -0.412 e. The first kappa shape index (κ1) is 22.4. The van der Waals surface area contributed by atoms with Gasteiger partial charge in [0.05, 0.1) is 17.1 Å². The van der Waals surface area contributed by atoms with E-state index in [2.05, 4.69) is 20.2 Å². The Kier molecular flexibility index (Phi) is 8.22. The molecule has 0 aliphatic carbocycles. The van der Waals surface area contributed by atoms with Crippen LogP contribution in [0.5, 0.6) is 0 Å². The molecule has 3 rings (SSSR count). The third kappa shape index (κ3) is 6.91. The smallest absolute Gasteiger partial charge is 0.296 e. The molecule has 0 aliphatic rings. The molecule has 1 aromatic carbocycles. The second-order valence-corrected chi connectivity index (χ2v) is 7.64. The van der Waals surface area contributed by atoms with Gasteiger partial charge in [-0.15, -0.1) is 0 Å². The van der Waals surface area contributed by atoms with E-state index >= 15 is 0 Å². The number of nitrogens with zero attached hydrogens (tertiary/aromatic N) is 3. The first-order valence-corrected chi connectivity index (χ1v) is 10.3. The van der Waals surface area contributed by atoms with Crippen LogP contribution in [0.1, 0.15) is 11.4 Å². The number of anilines is 1. The fraction of sp³-hybridized carbons (Fsp3) is 0.200. The van der Waals surface area contributed by atoms with Gasteiger partial charge in [-0.2, -0.15) is 8.42 Å². The van der Waals surface area contributed by atoms with Crippen LogP contribution in [0.2, 0.25) is 0 Å². The molecule has 0 radical (unpaired) electrons. The highest BCUT2D eigenvalue weighted by molar-refractivity contribution is 7.86. The van der Waals surface area contributed by atoms with E-state index in [0.717, 1.165) is 11.4 Å². The minimum absolute atomic E-state index is 0. The predicted octanol–water partition coefficient (Wildman–Crippen LogP) is 2.01. The highest BCUT2D eigenvalue weighted by atomic mass is 32.2. The number of nitrogens with one attached hydrogen (secondary N) is 1. The van der Waals surface area contributed by atoms with Crippen molar-refractivity contribution in [3.8, 4) is 0 Å². The molecule has 3 aromatic rings. The molecule has 2 aromatic heterocycles. The molecular formula is C20H24N4O4S. The Balaban J connectivity index is 0.00000300. The molecule has 0 saturated heterocycles. The lowest BCUT2D eigenvalue weighted by Gasteiger charge is -2.22. The van der Waals surface area contributed by atoms with Crippen molar-refractivity contribution in [1.82, 2.24) is 14.9 Å². The van der Waals surface area contributed by atoms with Crippen LogP contribution >= 0.6 is 0 Å². The maximum Gasteiger partial charge on any atom is 0.296 e. The highest BCUT2D eigenvalue weighted by Crippen LogP contribution is 2.20. The van der Waals surface area contributed by atoms with Crippen molar-refractivity contribution in [3.63, 3.8) is 0 Å². The lowest BCUT2D eigenvalue weighted by Crippen LogP contribution is -2.29. The van der Waals surface area contributed by atoms with Gasteiger partial charge in [0.1, 0.15) is 4.90 Å². The van der Waals surface area contributed by atoms with Crippen molar-refractivity contribution >= 4 is 15.8 Å². The summed E-state index contributed by atoms with van der Waals surface area (Å²) in [6.45, 7) is 2.40. The van der Waals surface area contributed by atoms with Crippen LogP contribution in [-0.4, -0.2) is 46.4 Å². The third-order valence-electron chi connectivity index (χ3n) is 4.13. The van der Waals surface area contributed by atoms with Gasteiger partial charge in [-0.05, 0) is 36.4 Å². The molecule has 9 heteroatoms. The van der Waals surface area contributed by atoms with Gasteiger partial charge in [-0.1, -0.05) is 24.3 Å². The molecule has 4 N–H and O–H groups in total. The first-order chi connectivity index (χ1) is 13.5. The molecule has 0 aliphatic heterocycles. The van der Waals surface area contributed by atoms with Gasteiger partial charge in [0.15, 0.2) is 0 Å². The maximum atomic E-state index is 11.5. The summed E-state index contributed by atoms with van der Waals surface area (Å²) in [5.74, 6) is 0. The van der Waals surface area contributed by atoms with E-state index in [1.54, 1.807) is 30.6 Å². The summed E-state index contributed by atoms with van der Waals surface area (Å²) < 4.78 is 32.4.